The zero-order chi connectivity index (χ0) is 10.9. The summed E-state index contributed by atoms with van der Waals surface area (Å²) in [5.41, 5.74) is 4.73. The number of carbonyl (C=O) groups is 1. The van der Waals surface area contributed by atoms with Crippen LogP contribution in [0.15, 0.2) is 12.7 Å². The minimum absolute atomic E-state index is 0.0577. The molecule has 6 heteroatoms. The lowest BCUT2D eigenvalue weighted by molar-refractivity contribution is -0.145. The molecule has 2 atom stereocenters. The van der Waals surface area contributed by atoms with Crippen molar-refractivity contribution in [2.75, 3.05) is 0 Å². The fraction of sp³-hybridized carbons (Fsp3) is 0.667. The molecule has 2 unspecified atom stereocenters. The highest BCUT2D eigenvalue weighted by Crippen LogP contribution is 2.33. The Labute approximate surface area is 87.1 Å². The molecule has 0 amide bonds. The predicted molar refractivity (Wildman–Crippen MR) is 52.1 cm³/mol. The summed E-state index contributed by atoms with van der Waals surface area (Å²) in [6.07, 6.45) is 5.74. The second-order valence-electron chi connectivity index (χ2n) is 4.09. The maximum absolute atomic E-state index is 11.0. The molecule has 1 heterocycles. The van der Waals surface area contributed by atoms with E-state index in [1.165, 1.54) is 6.33 Å². The highest BCUT2D eigenvalue weighted by atomic mass is 16.4. The Kier molecular flexibility index (Phi) is 2.44. The molecule has 0 aromatic carbocycles. The minimum atomic E-state index is -1.10. The number of hydrogen-bond acceptors (Lipinski definition) is 4. The van der Waals surface area contributed by atoms with Crippen molar-refractivity contribution in [3.8, 4) is 0 Å². The number of aliphatic carboxylic acids is 1. The summed E-state index contributed by atoms with van der Waals surface area (Å²) in [5.74, 6) is -0.924. The van der Waals surface area contributed by atoms with E-state index < -0.39 is 11.5 Å². The SMILES string of the molecule is NC1(C(=O)O)CCCC(n2cncn2)C1. The summed E-state index contributed by atoms with van der Waals surface area (Å²) in [7, 11) is 0. The monoisotopic (exact) mass is 210 g/mol. The average molecular weight is 210 g/mol. The lowest BCUT2D eigenvalue weighted by atomic mass is 9.80. The van der Waals surface area contributed by atoms with E-state index in [0.29, 0.717) is 12.8 Å². The maximum atomic E-state index is 11.0. The zero-order valence-corrected chi connectivity index (χ0v) is 8.33. The molecule has 0 bridgehead atoms. The first-order valence-electron chi connectivity index (χ1n) is 4.98. The number of carboxylic acids is 1. The van der Waals surface area contributed by atoms with Gasteiger partial charge in [0.1, 0.15) is 18.2 Å². The van der Waals surface area contributed by atoms with Gasteiger partial charge in [-0.3, -0.25) is 4.79 Å². The zero-order valence-electron chi connectivity index (χ0n) is 8.33. The van der Waals surface area contributed by atoms with Gasteiger partial charge in [-0.2, -0.15) is 5.10 Å². The van der Waals surface area contributed by atoms with Crippen LogP contribution in [0, 0.1) is 0 Å². The molecule has 6 nitrogen and oxygen atoms in total. The van der Waals surface area contributed by atoms with E-state index in [4.69, 9.17) is 10.8 Å². The van der Waals surface area contributed by atoms with Gasteiger partial charge in [-0.25, -0.2) is 9.67 Å². The first-order chi connectivity index (χ1) is 7.12. The van der Waals surface area contributed by atoms with Crippen molar-refractivity contribution in [1.29, 1.82) is 0 Å². The molecular weight excluding hydrogens is 196 g/mol. The number of nitrogens with zero attached hydrogens (tertiary/aromatic N) is 3. The Morgan fingerprint density at radius 3 is 3.07 bits per heavy atom. The predicted octanol–water partition coefficient (Wildman–Crippen LogP) is 0.175. The third kappa shape index (κ3) is 1.85. The fourth-order valence-corrected chi connectivity index (χ4v) is 2.10. The van der Waals surface area contributed by atoms with Crippen molar-refractivity contribution in [3.63, 3.8) is 0 Å². The lowest BCUT2D eigenvalue weighted by Crippen LogP contribution is -2.51. The third-order valence-corrected chi connectivity index (χ3v) is 3.00. The average Bonchev–Trinajstić information content (AvgIpc) is 2.70. The maximum Gasteiger partial charge on any atom is 0.323 e. The van der Waals surface area contributed by atoms with Crippen LogP contribution in [0.3, 0.4) is 0 Å². The second kappa shape index (κ2) is 3.62. The molecule has 1 aliphatic rings. The molecule has 1 aromatic rings. The third-order valence-electron chi connectivity index (χ3n) is 3.00. The van der Waals surface area contributed by atoms with Crippen molar-refractivity contribution in [3.05, 3.63) is 12.7 Å². The molecule has 1 fully saturated rings. The van der Waals surface area contributed by atoms with Gasteiger partial charge in [0.15, 0.2) is 0 Å². The van der Waals surface area contributed by atoms with Gasteiger partial charge in [0, 0.05) is 0 Å². The highest BCUT2D eigenvalue weighted by molar-refractivity contribution is 5.78. The van der Waals surface area contributed by atoms with Crippen molar-refractivity contribution in [1.82, 2.24) is 14.8 Å². The van der Waals surface area contributed by atoms with Crippen LogP contribution in [-0.4, -0.2) is 31.4 Å². The minimum Gasteiger partial charge on any atom is -0.480 e. The molecular formula is C9H14N4O2. The quantitative estimate of drug-likeness (QED) is 0.726. The molecule has 1 aliphatic carbocycles. The van der Waals surface area contributed by atoms with Gasteiger partial charge in [0.25, 0.3) is 0 Å². The van der Waals surface area contributed by atoms with Gasteiger partial charge >= 0.3 is 5.97 Å². The summed E-state index contributed by atoms with van der Waals surface area (Å²) in [6.45, 7) is 0. The molecule has 0 aliphatic heterocycles. The molecule has 3 N–H and O–H groups in total. The standard InChI is InChI=1S/C9H14N4O2/c10-9(8(14)15)3-1-2-7(4-9)13-6-11-5-12-13/h5-7H,1-4,10H2,(H,14,15). The first kappa shape index (κ1) is 10.1. The molecule has 0 radical (unpaired) electrons. The van der Waals surface area contributed by atoms with E-state index in [0.717, 1.165) is 12.8 Å². The number of hydrogen-bond donors (Lipinski definition) is 2. The Morgan fingerprint density at radius 2 is 2.47 bits per heavy atom. The summed E-state index contributed by atoms with van der Waals surface area (Å²) in [5, 5.41) is 13.1. The van der Waals surface area contributed by atoms with Crippen LogP contribution in [-0.2, 0) is 4.79 Å². The molecule has 15 heavy (non-hydrogen) atoms. The van der Waals surface area contributed by atoms with Gasteiger partial charge in [-0.1, -0.05) is 0 Å². The van der Waals surface area contributed by atoms with E-state index in [9.17, 15) is 4.79 Å². The van der Waals surface area contributed by atoms with Crippen LogP contribution in [0.2, 0.25) is 0 Å². The van der Waals surface area contributed by atoms with E-state index in [1.807, 2.05) is 0 Å². The van der Waals surface area contributed by atoms with Crippen molar-refractivity contribution < 1.29 is 9.90 Å². The van der Waals surface area contributed by atoms with Crippen molar-refractivity contribution >= 4 is 5.97 Å². The Morgan fingerprint density at radius 1 is 1.67 bits per heavy atom. The van der Waals surface area contributed by atoms with E-state index >= 15 is 0 Å². The molecule has 0 saturated heterocycles. The van der Waals surface area contributed by atoms with Crippen molar-refractivity contribution in [2.24, 2.45) is 5.73 Å². The number of rotatable bonds is 2. The smallest absolute Gasteiger partial charge is 0.323 e. The van der Waals surface area contributed by atoms with Gasteiger partial charge in [-0.05, 0) is 25.7 Å². The Balaban J connectivity index is 2.14. The van der Waals surface area contributed by atoms with E-state index in [2.05, 4.69) is 10.1 Å². The second-order valence-corrected chi connectivity index (χ2v) is 4.09. The fourth-order valence-electron chi connectivity index (χ4n) is 2.10. The van der Waals surface area contributed by atoms with Crippen LogP contribution in [0.25, 0.3) is 0 Å². The van der Waals surface area contributed by atoms with Crippen LogP contribution >= 0.6 is 0 Å². The Bertz CT molecular complexity index is 351. The highest BCUT2D eigenvalue weighted by Gasteiger charge is 2.40. The van der Waals surface area contributed by atoms with E-state index in [1.54, 1.807) is 11.0 Å². The normalized spacial score (nSPS) is 31.4. The van der Waals surface area contributed by atoms with Crippen LogP contribution in [0.1, 0.15) is 31.7 Å². The molecule has 2 rings (SSSR count). The summed E-state index contributed by atoms with van der Waals surface area (Å²) in [6, 6.07) is 0.0577. The molecule has 1 aromatic heterocycles. The topological polar surface area (TPSA) is 94.0 Å². The van der Waals surface area contributed by atoms with Crippen LogP contribution in [0.4, 0.5) is 0 Å². The van der Waals surface area contributed by atoms with Crippen LogP contribution in [0.5, 0.6) is 0 Å². The lowest BCUT2D eigenvalue weighted by Gasteiger charge is -2.34. The van der Waals surface area contributed by atoms with Crippen LogP contribution < -0.4 is 5.73 Å². The molecule has 1 saturated carbocycles. The molecule has 0 spiro atoms. The van der Waals surface area contributed by atoms with Gasteiger partial charge in [-0.15, -0.1) is 0 Å². The number of carboxylic acid groups (broad SMARTS) is 1. The van der Waals surface area contributed by atoms with Gasteiger partial charge < -0.3 is 10.8 Å². The summed E-state index contributed by atoms with van der Waals surface area (Å²) < 4.78 is 1.70. The molecule has 82 valence electrons. The first-order valence-corrected chi connectivity index (χ1v) is 4.98. The van der Waals surface area contributed by atoms with Crippen molar-refractivity contribution in [2.45, 2.75) is 37.3 Å². The Hall–Kier alpha value is -1.43. The number of nitrogens with two attached hydrogens (primary N) is 1. The summed E-state index contributed by atoms with van der Waals surface area (Å²) in [4.78, 5) is 14.9. The largest absolute Gasteiger partial charge is 0.480 e. The van der Waals surface area contributed by atoms with Gasteiger partial charge in [0.2, 0.25) is 0 Å². The van der Waals surface area contributed by atoms with Gasteiger partial charge in [0.05, 0.1) is 6.04 Å². The van der Waals surface area contributed by atoms with E-state index in [-0.39, 0.29) is 6.04 Å². The summed E-state index contributed by atoms with van der Waals surface area (Å²) >= 11 is 0. The number of aromatic nitrogens is 3.